The van der Waals surface area contributed by atoms with Gasteiger partial charge >= 0.3 is 0 Å². The summed E-state index contributed by atoms with van der Waals surface area (Å²) in [6, 6.07) is 16.0. The van der Waals surface area contributed by atoms with Gasteiger partial charge in [0, 0.05) is 0 Å². The van der Waals surface area contributed by atoms with Crippen molar-refractivity contribution in [2.75, 3.05) is 17.7 Å². The van der Waals surface area contributed by atoms with Crippen LogP contribution in [0.25, 0.3) is 0 Å². The van der Waals surface area contributed by atoms with Crippen LogP contribution in [0, 0.1) is 11.3 Å². The van der Waals surface area contributed by atoms with E-state index >= 15 is 0 Å². The Morgan fingerprint density at radius 3 is 2.67 bits per heavy atom. The van der Waals surface area contributed by atoms with E-state index in [0.717, 1.165) is 5.75 Å². The molecule has 3 N–H and O–H groups in total. The van der Waals surface area contributed by atoms with E-state index in [-0.39, 0.29) is 18.9 Å². The van der Waals surface area contributed by atoms with Gasteiger partial charge in [0.1, 0.15) is 5.75 Å². The van der Waals surface area contributed by atoms with Crippen molar-refractivity contribution >= 4 is 17.3 Å². The van der Waals surface area contributed by atoms with E-state index in [4.69, 9.17) is 15.7 Å². The third kappa shape index (κ3) is 4.25. The van der Waals surface area contributed by atoms with Gasteiger partial charge < -0.3 is 15.8 Å². The minimum atomic E-state index is -0.192. The lowest BCUT2D eigenvalue weighted by Gasteiger charge is -2.09. The second-order valence-electron chi connectivity index (χ2n) is 4.37. The number of benzene rings is 2. The van der Waals surface area contributed by atoms with Crippen LogP contribution in [0.4, 0.5) is 11.4 Å². The van der Waals surface area contributed by atoms with Crippen molar-refractivity contribution in [2.45, 2.75) is 6.42 Å². The molecule has 2 aromatic rings. The van der Waals surface area contributed by atoms with Crippen LogP contribution in [0.5, 0.6) is 5.75 Å². The third-order valence-corrected chi connectivity index (χ3v) is 2.80. The molecule has 2 rings (SSSR count). The number of nitrogens with one attached hydrogen (secondary N) is 1. The van der Waals surface area contributed by atoms with Gasteiger partial charge in [0.15, 0.2) is 0 Å². The molecular weight excluding hydrogens is 266 g/mol. The minimum Gasteiger partial charge on any atom is -0.493 e. The van der Waals surface area contributed by atoms with Gasteiger partial charge in [-0.2, -0.15) is 5.26 Å². The molecule has 0 fully saturated rings. The van der Waals surface area contributed by atoms with E-state index in [1.807, 2.05) is 36.4 Å². The average molecular weight is 281 g/mol. The smallest absolute Gasteiger partial charge is 0.227 e. The Balaban J connectivity index is 1.83. The van der Waals surface area contributed by atoms with Gasteiger partial charge in [-0.25, -0.2) is 0 Å². The van der Waals surface area contributed by atoms with Crippen LogP contribution in [-0.4, -0.2) is 12.5 Å². The number of nitrogens with two attached hydrogens (primary N) is 1. The first-order valence-electron chi connectivity index (χ1n) is 6.46. The van der Waals surface area contributed by atoms with E-state index in [1.54, 1.807) is 12.1 Å². The highest BCUT2D eigenvalue weighted by atomic mass is 16.5. The highest BCUT2D eigenvalue weighted by molar-refractivity contribution is 5.94. The summed E-state index contributed by atoms with van der Waals surface area (Å²) < 4.78 is 5.45. The molecule has 0 saturated carbocycles. The summed E-state index contributed by atoms with van der Waals surface area (Å²) in [5.41, 5.74) is 7.09. The number of carbonyl (C=O) groups excluding carboxylic acids is 1. The monoisotopic (exact) mass is 281 g/mol. The molecule has 0 aromatic heterocycles. The normalized spacial score (nSPS) is 9.67. The zero-order valence-electron chi connectivity index (χ0n) is 11.4. The number of nitrogen functional groups attached to an aromatic ring is 1. The topological polar surface area (TPSA) is 88.1 Å². The SMILES string of the molecule is N#Cc1ccc(NC(=O)CCOc2ccccc2)c(N)c1. The van der Waals surface area contributed by atoms with Crippen LogP contribution in [0.1, 0.15) is 12.0 Å². The summed E-state index contributed by atoms with van der Waals surface area (Å²) in [4.78, 5) is 11.8. The summed E-state index contributed by atoms with van der Waals surface area (Å²) in [5, 5.41) is 11.4. The first-order valence-corrected chi connectivity index (χ1v) is 6.46. The van der Waals surface area contributed by atoms with Crippen LogP contribution in [0.15, 0.2) is 48.5 Å². The quantitative estimate of drug-likeness (QED) is 0.824. The summed E-state index contributed by atoms with van der Waals surface area (Å²) in [6.07, 6.45) is 0.217. The molecule has 5 nitrogen and oxygen atoms in total. The molecule has 0 bridgehead atoms. The third-order valence-electron chi connectivity index (χ3n) is 2.80. The highest BCUT2D eigenvalue weighted by Gasteiger charge is 2.06. The largest absolute Gasteiger partial charge is 0.493 e. The van der Waals surface area contributed by atoms with Gasteiger partial charge in [0.05, 0.1) is 36.0 Å². The molecule has 0 heterocycles. The number of carbonyl (C=O) groups is 1. The number of amides is 1. The number of nitrogens with zero attached hydrogens (tertiary/aromatic N) is 1. The molecule has 0 atom stereocenters. The van der Waals surface area contributed by atoms with Crippen molar-refractivity contribution in [3.05, 3.63) is 54.1 Å². The number of ether oxygens (including phenoxy) is 1. The van der Waals surface area contributed by atoms with Crippen molar-refractivity contribution in [3.8, 4) is 11.8 Å². The maximum absolute atomic E-state index is 11.8. The first-order chi connectivity index (χ1) is 10.2. The highest BCUT2D eigenvalue weighted by Crippen LogP contribution is 2.19. The fourth-order valence-electron chi connectivity index (χ4n) is 1.74. The number of nitriles is 1. The number of anilines is 2. The van der Waals surface area contributed by atoms with Crippen LogP contribution < -0.4 is 15.8 Å². The van der Waals surface area contributed by atoms with E-state index in [1.165, 1.54) is 6.07 Å². The molecule has 0 radical (unpaired) electrons. The second-order valence-corrected chi connectivity index (χ2v) is 4.37. The summed E-state index contributed by atoms with van der Waals surface area (Å²) in [7, 11) is 0. The lowest BCUT2D eigenvalue weighted by Crippen LogP contribution is -2.16. The molecule has 0 spiro atoms. The molecule has 21 heavy (non-hydrogen) atoms. The Labute approximate surface area is 123 Å². The van der Waals surface area contributed by atoms with E-state index < -0.39 is 0 Å². The zero-order chi connectivity index (χ0) is 15.1. The van der Waals surface area contributed by atoms with Gasteiger partial charge in [-0.1, -0.05) is 18.2 Å². The Kier molecular flexibility index (Phi) is 4.78. The van der Waals surface area contributed by atoms with Crippen molar-refractivity contribution in [1.82, 2.24) is 0 Å². The molecule has 2 aromatic carbocycles. The number of hydrogen-bond acceptors (Lipinski definition) is 4. The maximum Gasteiger partial charge on any atom is 0.227 e. The van der Waals surface area contributed by atoms with Gasteiger partial charge in [0.25, 0.3) is 0 Å². The van der Waals surface area contributed by atoms with Gasteiger partial charge in [-0.05, 0) is 30.3 Å². The van der Waals surface area contributed by atoms with Crippen LogP contribution in [0.3, 0.4) is 0 Å². The Bertz CT molecular complexity index is 663. The maximum atomic E-state index is 11.8. The predicted octanol–water partition coefficient (Wildman–Crippen LogP) is 2.55. The van der Waals surface area contributed by atoms with Gasteiger partial charge in [-0.3, -0.25) is 4.79 Å². The molecule has 1 amide bonds. The van der Waals surface area contributed by atoms with Crippen molar-refractivity contribution in [1.29, 1.82) is 5.26 Å². The Morgan fingerprint density at radius 1 is 1.24 bits per heavy atom. The molecule has 0 aliphatic carbocycles. The predicted molar refractivity (Wildman–Crippen MR) is 80.8 cm³/mol. The standard InChI is InChI=1S/C16H15N3O2/c17-11-12-6-7-15(14(18)10-12)19-16(20)8-9-21-13-4-2-1-3-5-13/h1-7,10H,8-9,18H2,(H,19,20). The molecule has 106 valence electrons. The van der Waals surface area contributed by atoms with Crippen molar-refractivity contribution < 1.29 is 9.53 Å². The summed E-state index contributed by atoms with van der Waals surface area (Å²) in [6.45, 7) is 0.284. The van der Waals surface area contributed by atoms with E-state index in [2.05, 4.69) is 5.32 Å². The molecular formula is C16H15N3O2. The van der Waals surface area contributed by atoms with E-state index in [0.29, 0.717) is 16.9 Å². The lowest BCUT2D eigenvalue weighted by molar-refractivity contribution is -0.116. The summed E-state index contributed by atoms with van der Waals surface area (Å²) >= 11 is 0. The number of hydrogen-bond donors (Lipinski definition) is 2. The molecule has 0 aliphatic heterocycles. The summed E-state index contributed by atoms with van der Waals surface area (Å²) in [5.74, 6) is 0.533. The van der Waals surface area contributed by atoms with Crippen LogP contribution >= 0.6 is 0 Å². The van der Waals surface area contributed by atoms with Crippen LogP contribution in [0.2, 0.25) is 0 Å². The fourth-order valence-corrected chi connectivity index (χ4v) is 1.74. The second kappa shape index (κ2) is 6.96. The molecule has 0 saturated heterocycles. The van der Waals surface area contributed by atoms with Crippen molar-refractivity contribution in [3.63, 3.8) is 0 Å². The van der Waals surface area contributed by atoms with Crippen molar-refractivity contribution in [2.24, 2.45) is 0 Å². The van der Waals surface area contributed by atoms with E-state index in [9.17, 15) is 4.79 Å². The first kappa shape index (κ1) is 14.4. The van der Waals surface area contributed by atoms with Crippen LogP contribution in [-0.2, 0) is 4.79 Å². The Morgan fingerprint density at radius 2 is 2.00 bits per heavy atom. The Hall–Kier alpha value is -3.00. The zero-order valence-corrected chi connectivity index (χ0v) is 11.4. The number of rotatable bonds is 5. The fraction of sp³-hybridized carbons (Fsp3) is 0.125. The molecule has 0 aliphatic rings. The molecule has 0 unspecified atom stereocenters. The lowest BCUT2D eigenvalue weighted by atomic mass is 10.2. The van der Waals surface area contributed by atoms with Gasteiger partial charge in [0.2, 0.25) is 5.91 Å². The molecule has 5 heteroatoms. The number of para-hydroxylation sites is 1. The van der Waals surface area contributed by atoms with Gasteiger partial charge in [-0.15, -0.1) is 0 Å². The average Bonchev–Trinajstić information content (AvgIpc) is 2.50. The minimum absolute atomic E-state index is 0.192.